The van der Waals surface area contributed by atoms with Gasteiger partial charge in [0.1, 0.15) is 28.5 Å². The fourth-order valence-corrected chi connectivity index (χ4v) is 3.68. The molecule has 0 atom stereocenters. The lowest BCUT2D eigenvalue weighted by molar-refractivity contribution is -0.759. The maximum Gasteiger partial charge on any atom is 0.302 e. The van der Waals surface area contributed by atoms with Crippen molar-refractivity contribution < 1.29 is 14.0 Å². The number of carbonyl (C=O) groups excluding carboxylic acids is 1. The van der Waals surface area contributed by atoms with Gasteiger partial charge in [0.2, 0.25) is 11.2 Å². The smallest absolute Gasteiger partial charge is 0.302 e. The van der Waals surface area contributed by atoms with Crippen LogP contribution in [0.5, 0.6) is 0 Å². The number of nitrogens with zero attached hydrogens (tertiary/aromatic N) is 5. The maximum atomic E-state index is 12.3. The zero-order valence-corrected chi connectivity index (χ0v) is 17.9. The molecule has 156 valence electrons. The van der Waals surface area contributed by atoms with Gasteiger partial charge in [-0.25, -0.2) is 4.98 Å². The number of hydrogen-bond donors (Lipinski definition) is 2. The molecule has 3 N–H and O–H groups in total. The number of nitrogens with one attached hydrogen (secondary N) is 1. The Balaban J connectivity index is 1.90. The van der Waals surface area contributed by atoms with E-state index < -0.39 is 0 Å². The molecule has 9 nitrogen and oxygen atoms in total. The second-order valence-corrected chi connectivity index (χ2v) is 7.42. The molecule has 31 heavy (non-hydrogen) atoms. The molecule has 0 aliphatic carbocycles. The van der Waals surface area contributed by atoms with Crippen molar-refractivity contribution >= 4 is 29.4 Å². The van der Waals surface area contributed by atoms with E-state index in [1.54, 1.807) is 6.20 Å². The molecule has 3 rings (SSSR count). The fraction of sp³-hybridized carbons (Fsp3) is 0.238. The lowest BCUT2D eigenvalue weighted by Gasteiger charge is -2.13. The van der Waals surface area contributed by atoms with Crippen molar-refractivity contribution in [2.45, 2.75) is 31.8 Å². The van der Waals surface area contributed by atoms with Crippen LogP contribution in [0.4, 0.5) is 11.7 Å². The molecule has 0 radical (unpaired) electrons. The number of aromatic nitrogens is 3. The normalized spacial score (nSPS) is 10.3. The molecule has 0 bridgehead atoms. The summed E-state index contributed by atoms with van der Waals surface area (Å²) >= 11 is 1.06. The summed E-state index contributed by atoms with van der Waals surface area (Å²) in [6, 6.07) is 11.8. The van der Waals surface area contributed by atoms with Gasteiger partial charge in [0, 0.05) is 5.56 Å². The van der Waals surface area contributed by atoms with Crippen LogP contribution in [0.25, 0.3) is 11.1 Å². The van der Waals surface area contributed by atoms with Crippen LogP contribution in [0.3, 0.4) is 0 Å². The summed E-state index contributed by atoms with van der Waals surface area (Å²) in [5.41, 5.74) is 8.60. The van der Waals surface area contributed by atoms with Gasteiger partial charge in [0.15, 0.2) is 6.54 Å². The summed E-state index contributed by atoms with van der Waals surface area (Å²) in [7, 11) is 0. The highest BCUT2D eigenvalue weighted by Crippen LogP contribution is 2.35. The first-order valence-electron chi connectivity index (χ1n) is 9.52. The Morgan fingerprint density at radius 1 is 1.23 bits per heavy atom. The number of carbonyl (C=O) groups is 1. The topological polar surface area (TPSA) is 146 Å². The average molecular weight is 435 g/mol. The number of amides is 1. The molecule has 1 aromatic carbocycles. The molecule has 0 aliphatic rings. The van der Waals surface area contributed by atoms with Crippen LogP contribution >= 0.6 is 11.8 Å². The van der Waals surface area contributed by atoms with Gasteiger partial charge in [-0.1, -0.05) is 47.6 Å². The maximum absolute atomic E-state index is 12.3. The van der Waals surface area contributed by atoms with E-state index >= 15 is 0 Å². The van der Waals surface area contributed by atoms with Gasteiger partial charge in [0.25, 0.3) is 6.20 Å². The summed E-state index contributed by atoms with van der Waals surface area (Å²) < 4.78 is 6.55. The zero-order chi connectivity index (χ0) is 22.4. The van der Waals surface area contributed by atoms with Gasteiger partial charge in [-0.2, -0.15) is 10.5 Å². The summed E-state index contributed by atoms with van der Waals surface area (Å²) in [6.07, 6.45) is 2.44. The van der Waals surface area contributed by atoms with E-state index in [1.165, 1.54) is 4.68 Å². The van der Waals surface area contributed by atoms with Gasteiger partial charge in [0.05, 0.1) is 11.3 Å². The Labute approximate surface area is 183 Å². The Bertz CT molecular complexity index is 1190. The summed E-state index contributed by atoms with van der Waals surface area (Å²) in [5.74, 6) is -0.157. The molecule has 10 heteroatoms. The predicted molar refractivity (Wildman–Crippen MR) is 115 cm³/mol. The van der Waals surface area contributed by atoms with Crippen molar-refractivity contribution in [3.05, 3.63) is 47.2 Å². The zero-order valence-electron chi connectivity index (χ0n) is 17.0. The fourth-order valence-electron chi connectivity index (χ4n) is 2.89. The Hall–Kier alpha value is -3.89. The largest absolute Gasteiger partial charge is 0.383 e. The second kappa shape index (κ2) is 9.74. The predicted octanol–water partition coefficient (Wildman–Crippen LogP) is 2.66. The van der Waals surface area contributed by atoms with Crippen LogP contribution < -0.4 is 15.7 Å². The van der Waals surface area contributed by atoms with E-state index in [0.29, 0.717) is 17.7 Å². The number of nitriles is 2. The monoisotopic (exact) mass is 434 g/mol. The Morgan fingerprint density at radius 3 is 2.52 bits per heavy atom. The van der Waals surface area contributed by atoms with E-state index in [2.05, 4.69) is 21.6 Å². The standard InChI is InChI=1S/C21H19N7O2S/c1-3-13-5-7-14(8-6-13)19-15(9-22)20(24)26-21(16(19)10-23)31-12-17(29)25-18-11-28(4-2)27-30-18/h5-8,11H,3-4,12H2,1-2H3,(H2-,24,25,26,27,29)/p+1. The van der Waals surface area contributed by atoms with Crippen LogP contribution in [-0.2, 0) is 17.8 Å². The molecule has 2 aromatic heterocycles. The van der Waals surface area contributed by atoms with Crippen LogP contribution in [0, 0.1) is 22.7 Å². The molecule has 0 saturated heterocycles. The third kappa shape index (κ3) is 4.82. The van der Waals surface area contributed by atoms with Crippen molar-refractivity contribution in [3.63, 3.8) is 0 Å². The van der Waals surface area contributed by atoms with Crippen molar-refractivity contribution in [2.75, 3.05) is 16.8 Å². The quantitative estimate of drug-likeness (QED) is 0.426. The SMILES string of the molecule is CCc1ccc(-c2c(C#N)c(N)nc(SCC(=O)Nc3c[n+](CC)no3)c2C#N)cc1. The van der Waals surface area contributed by atoms with Gasteiger partial charge in [-0.3, -0.25) is 14.6 Å². The van der Waals surface area contributed by atoms with E-state index in [9.17, 15) is 15.3 Å². The highest BCUT2D eigenvalue weighted by atomic mass is 32.2. The first-order valence-corrected chi connectivity index (χ1v) is 10.5. The number of nitrogens with two attached hydrogens (primary N) is 1. The highest BCUT2D eigenvalue weighted by Gasteiger charge is 2.21. The van der Waals surface area contributed by atoms with Gasteiger partial charge >= 0.3 is 5.88 Å². The number of hydrogen-bond acceptors (Lipinski definition) is 8. The van der Waals surface area contributed by atoms with Gasteiger partial charge in [-0.15, -0.1) is 0 Å². The number of nitrogen functional groups attached to an aromatic ring is 1. The molecule has 0 saturated carbocycles. The first-order chi connectivity index (χ1) is 15.0. The Morgan fingerprint density at radius 2 is 1.94 bits per heavy atom. The number of thioether (sulfide) groups is 1. The molecular weight excluding hydrogens is 414 g/mol. The lowest BCUT2D eigenvalue weighted by Crippen LogP contribution is -2.32. The minimum absolute atomic E-state index is 0.0122. The number of anilines is 2. The molecule has 0 fully saturated rings. The van der Waals surface area contributed by atoms with Crippen LogP contribution in [-0.4, -0.2) is 21.9 Å². The summed E-state index contributed by atoms with van der Waals surface area (Å²) in [5, 5.41) is 26.0. The van der Waals surface area contributed by atoms with E-state index in [0.717, 1.165) is 23.7 Å². The van der Waals surface area contributed by atoms with Crippen LogP contribution in [0.15, 0.2) is 40.0 Å². The Kier molecular flexibility index (Phi) is 6.85. The van der Waals surface area contributed by atoms with Crippen molar-refractivity contribution in [1.82, 2.24) is 10.3 Å². The van der Waals surface area contributed by atoms with E-state index in [1.807, 2.05) is 44.2 Å². The third-order valence-corrected chi connectivity index (χ3v) is 5.48. The molecule has 0 aliphatic heterocycles. The van der Waals surface area contributed by atoms with Gasteiger partial charge < -0.3 is 5.73 Å². The molecule has 2 heterocycles. The minimum atomic E-state index is -0.355. The molecule has 0 unspecified atom stereocenters. The van der Waals surface area contributed by atoms with Crippen LogP contribution in [0.1, 0.15) is 30.5 Å². The van der Waals surface area contributed by atoms with Gasteiger partial charge in [-0.05, 0) is 24.5 Å². The van der Waals surface area contributed by atoms with Crippen molar-refractivity contribution in [2.24, 2.45) is 0 Å². The lowest BCUT2D eigenvalue weighted by atomic mass is 9.96. The second-order valence-electron chi connectivity index (χ2n) is 6.46. The molecule has 0 spiro atoms. The summed E-state index contributed by atoms with van der Waals surface area (Å²) in [4.78, 5) is 16.5. The van der Waals surface area contributed by atoms with E-state index in [-0.39, 0.29) is 39.5 Å². The van der Waals surface area contributed by atoms with Crippen LogP contribution in [0.2, 0.25) is 0 Å². The van der Waals surface area contributed by atoms with Crippen molar-refractivity contribution in [3.8, 4) is 23.3 Å². The first kappa shape index (κ1) is 21.8. The number of aryl methyl sites for hydroxylation is 2. The molecule has 1 amide bonds. The van der Waals surface area contributed by atoms with E-state index in [4.69, 9.17) is 10.3 Å². The summed E-state index contributed by atoms with van der Waals surface area (Å²) in [6.45, 7) is 4.54. The molecular formula is C21H20N7O2S+. The molecule has 3 aromatic rings. The average Bonchev–Trinajstić information content (AvgIpc) is 3.24. The highest BCUT2D eigenvalue weighted by molar-refractivity contribution is 8.00. The number of rotatable bonds is 7. The number of pyridine rings is 1. The third-order valence-electron chi connectivity index (χ3n) is 4.50. The van der Waals surface area contributed by atoms with Crippen molar-refractivity contribution in [1.29, 1.82) is 10.5 Å². The number of benzene rings is 1. The minimum Gasteiger partial charge on any atom is -0.383 e.